The van der Waals surface area contributed by atoms with Crippen LogP contribution in [0, 0.1) is 23.7 Å². The third-order valence-electron chi connectivity index (χ3n) is 6.07. The molecule has 1 spiro atoms. The molecule has 5 heteroatoms. The molecule has 5 fully saturated rings. The van der Waals surface area contributed by atoms with Gasteiger partial charge in [-0.2, -0.15) is 0 Å². The number of ether oxygens (including phenoxy) is 2. The Hall–Kier alpha value is -0.200. The molecule has 114 valence electrons. The highest BCUT2D eigenvalue weighted by Gasteiger charge is 2.69. The molecule has 5 nitrogen and oxygen atoms in total. The summed E-state index contributed by atoms with van der Waals surface area (Å²) < 4.78 is 11.7. The van der Waals surface area contributed by atoms with Gasteiger partial charge >= 0.3 is 0 Å². The van der Waals surface area contributed by atoms with Gasteiger partial charge in [0.05, 0.1) is 6.61 Å². The summed E-state index contributed by atoms with van der Waals surface area (Å²) in [5, 5.41) is 10.2. The van der Waals surface area contributed by atoms with Crippen molar-refractivity contribution in [1.29, 1.82) is 0 Å². The first-order chi connectivity index (χ1) is 9.46. The molecular weight excluding hydrogens is 260 g/mol. The van der Waals surface area contributed by atoms with Crippen molar-refractivity contribution >= 4 is 0 Å². The van der Waals surface area contributed by atoms with Crippen molar-refractivity contribution in [3.8, 4) is 0 Å². The topological polar surface area (TPSA) is 57.2 Å². The predicted molar refractivity (Wildman–Crippen MR) is 69.3 cm³/mol. The van der Waals surface area contributed by atoms with Crippen LogP contribution in [0.5, 0.6) is 0 Å². The maximum Gasteiger partial charge on any atom is 0.193 e. The summed E-state index contributed by atoms with van der Waals surface area (Å²) in [6.07, 6.45) is 1.83. The number of hydrogen-bond acceptors (Lipinski definition) is 5. The Morgan fingerprint density at radius 2 is 1.90 bits per heavy atom. The van der Waals surface area contributed by atoms with E-state index in [0.29, 0.717) is 18.4 Å². The molecule has 2 bridgehead atoms. The normalized spacial score (nSPS) is 61.8. The largest absolute Gasteiger partial charge is 0.368 e. The number of rotatable bonds is 0. The van der Waals surface area contributed by atoms with Crippen LogP contribution >= 0.6 is 0 Å². The molecule has 0 aromatic rings. The number of aliphatic hydroxyl groups is 1. The van der Waals surface area contributed by atoms with Crippen molar-refractivity contribution in [2.24, 2.45) is 23.7 Å². The second-order valence-electron chi connectivity index (χ2n) is 7.47. The van der Waals surface area contributed by atoms with Gasteiger partial charge in [-0.05, 0) is 32.1 Å². The fourth-order valence-corrected chi connectivity index (χ4v) is 4.87. The number of aliphatic hydroxyl groups excluding tert-OH is 1. The van der Waals surface area contributed by atoms with E-state index in [4.69, 9.17) is 19.2 Å². The molecule has 0 radical (unpaired) electrons. The molecule has 0 aromatic carbocycles. The van der Waals surface area contributed by atoms with E-state index in [9.17, 15) is 5.11 Å². The van der Waals surface area contributed by atoms with Gasteiger partial charge in [0.2, 0.25) is 0 Å². The summed E-state index contributed by atoms with van der Waals surface area (Å²) in [5.41, 5.74) is -0.951. The highest BCUT2D eigenvalue weighted by Crippen LogP contribution is 2.59. The van der Waals surface area contributed by atoms with Crippen LogP contribution in [0.2, 0.25) is 0 Å². The molecule has 0 aromatic heterocycles. The first kappa shape index (κ1) is 13.5. The first-order valence-electron chi connectivity index (χ1n) is 7.78. The van der Waals surface area contributed by atoms with Crippen LogP contribution in [-0.4, -0.2) is 35.5 Å². The SMILES string of the molecule is CC1CC[C@@H]2C(C)C(O)O[C@@H]3OC[C@]4(C)C[C@H]1[C@]32OO4. The van der Waals surface area contributed by atoms with Crippen molar-refractivity contribution < 1.29 is 24.4 Å². The van der Waals surface area contributed by atoms with Gasteiger partial charge in [-0.3, -0.25) is 0 Å². The van der Waals surface area contributed by atoms with Crippen molar-refractivity contribution in [1.82, 2.24) is 0 Å². The standard InChI is InChI=1S/C15H24O5/c1-8-4-5-10-9(2)12(16)18-13-15(10)11(8)6-14(3,7-17-13)19-20-15/h8-13,16H,4-7H2,1-3H3/t8?,9?,10-,11-,12?,13+,14+,15+/m1/s1. The van der Waals surface area contributed by atoms with Gasteiger partial charge in [0.25, 0.3) is 0 Å². The molecule has 1 aliphatic carbocycles. The molecule has 0 amide bonds. The molecule has 4 heterocycles. The Balaban J connectivity index is 1.82. The van der Waals surface area contributed by atoms with Crippen molar-refractivity contribution in [2.45, 2.75) is 63.8 Å². The third kappa shape index (κ3) is 1.56. The highest BCUT2D eigenvalue weighted by atomic mass is 17.2. The number of hydrogen-bond donors (Lipinski definition) is 1. The van der Waals surface area contributed by atoms with Crippen molar-refractivity contribution in [3.05, 3.63) is 0 Å². The molecular formula is C15H24O5. The Kier molecular flexibility index (Phi) is 2.81. The number of fused-ring (bicyclic) bond motifs is 2. The van der Waals surface area contributed by atoms with Crippen LogP contribution in [-0.2, 0) is 19.2 Å². The summed E-state index contributed by atoms with van der Waals surface area (Å²) in [6, 6.07) is 0. The average molecular weight is 284 g/mol. The second-order valence-corrected chi connectivity index (χ2v) is 7.47. The summed E-state index contributed by atoms with van der Waals surface area (Å²) >= 11 is 0. The van der Waals surface area contributed by atoms with Gasteiger partial charge in [0.1, 0.15) is 5.60 Å². The van der Waals surface area contributed by atoms with Crippen LogP contribution < -0.4 is 0 Å². The van der Waals surface area contributed by atoms with Crippen LogP contribution in [0.25, 0.3) is 0 Å². The maximum absolute atomic E-state index is 10.2. The van der Waals surface area contributed by atoms with Crippen LogP contribution in [0.4, 0.5) is 0 Å². The third-order valence-corrected chi connectivity index (χ3v) is 6.07. The van der Waals surface area contributed by atoms with Gasteiger partial charge in [-0.15, -0.1) is 0 Å². The second kappa shape index (κ2) is 4.17. The maximum atomic E-state index is 10.2. The van der Waals surface area contributed by atoms with E-state index < -0.39 is 23.8 Å². The molecule has 20 heavy (non-hydrogen) atoms. The van der Waals surface area contributed by atoms with E-state index in [1.807, 2.05) is 13.8 Å². The van der Waals surface area contributed by atoms with Gasteiger partial charge < -0.3 is 14.6 Å². The Morgan fingerprint density at radius 3 is 2.70 bits per heavy atom. The quantitative estimate of drug-likeness (QED) is 0.688. The summed E-state index contributed by atoms with van der Waals surface area (Å²) in [6.45, 7) is 6.81. The molecule has 4 saturated heterocycles. The van der Waals surface area contributed by atoms with Gasteiger partial charge in [0, 0.05) is 17.8 Å². The van der Waals surface area contributed by atoms with Gasteiger partial charge in [-0.25, -0.2) is 9.78 Å². The van der Waals surface area contributed by atoms with E-state index >= 15 is 0 Å². The lowest BCUT2D eigenvalue weighted by atomic mass is 9.57. The van der Waals surface area contributed by atoms with Crippen molar-refractivity contribution in [3.63, 3.8) is 0 Å². The van der Waals surface area contributed by atoms with E-state index in [2.05, 4.69) is 6.92 Å². The monoisotopic (exact) mass is 284 g/mol. The smallest absolute Gasteiger partial charge is 0.193 e. The van der Waals surface area contributed by atoms with Crippen LogP contribution in [0.1, 0.15) is 40.0 Å². The lowest BCUT2D eigenvalue weighted by molar-refractivity contribution is -0.494. The zero-order valence-electron chi connectivity index (χ0n) is 12.4. The Morgan fingerprint density at radius 1 is 1.10 bits per heavy atom. The van der Waals surface area contributed by atoms with E-state index in [1.54, 1.807) is 0 Å². The average Bonchev–Trinajstić information content (AvgIpc) is 2.63. The molecule has 1 saturated carbocycles. The first-order valence-corrected chi connectivity index (χ1v) is 7.78. The molecule has 8 atom stereocenters. The zero-order chi connectivity index (χ0) is 14.1. The Labute approximate surface area is 119 Å². The molecule has 5 rings (SSSR count). The fraction of sp³-hybridized carbons (Fsp3) is 1.00. The Bertz CT molecular complexity index is 415. The summed E-state index contributed by atoms with van der Waals surface area (Å²) in [7, 11) is 0. The summed E-state index contributed by atoms with van der Waals surface area (Å²) in [4.78, 5) is 11.7. The fourth-order valence-electron chi connectivity index (χ4n) is 4.87. The molecule has 1 N–H and O–H groups in total. The van der Waals surface area contributed by atoms with Crippen molar-refractivity contribution in [2.75, 3.05) is 6.61 Å². The lowest BCUT2D eigenvalue weighted by Crippen LogP contribution is -2.69. The lowest BCUT2D eigenvalue weighted by Gasteiger charge is -2.59. The summed E-state index contributed by atoms with van der Waals surface area (Å²) in [5.74, 6) is 1.18. The minimum absolute atomic E-state index is 0.0379. The van der Waals surface area contributed by atoms with E-state index in [1.165, 1.54) is 6.42 Å². The molecule has 4 aliphatic heterocycles. The van der Waals surface area contributed by atoms with Crippen LogP contribution in [0.15, 0.2) is 0 Å². The van der Waals surface area contributed by atoms with E-state index in [-0.39, 0.29) is 11.8 Å². The minimum Gasteiger partial charge on any atom is -0.368 e. The highest BCUT2D eigenvalue weighted by molar-refractivity contribution is 5.10. The zero-order valence-corrected chi connectivity index (χ0v) is 12.4. The predicted octanol–water partition coefficient (Wildman–Crippen LogP) is 1.84. The van der Waals surface area contributed by atoms with Crippen LogP contribution in [0.3, 0.4) is 0 Å². The van der Waals surface area contributed by atoms with Gasteiger partial charge in [0.15, 0.2) is 18.2 Å². The molecule has 5 aliphatic rings. The molecule has 3 unspecified atom stereocenters. The van der Waals surface area contributed by atoms with Gasteiger partial charge in [-0.1, -0.05) is 13.8 Å². The van der Waals surface area contributed by atoms with E-state index in [0.717, 1.165) is 12.8 Å². The minimum atomic E-state index is -0.779.